The summed E-state index contributed by atoms with van der Waals surface area (Å²) in [5.74, 6) is 0.0588. The molecule has 0 aliphatic heterocycles. The molecule has 1 aromatic carbocycles. The van der Waals surface area contributed by atoms with Crippen LogP contribution in [0.3, 0.4) is 0 Å². The zero-order valence-electron chi connectivity index (χ0n) is 9.77. The van der Waals surface area contributed by atoms with Crippen LogP contribution in [-0.4, -0.2) is 15.1 Å². The Morgan fingerprint density at radius 3 is 2.61 bits per heavy atom. The summed E-state index contributed by atoms with van der Waals surface area (Å²) in [5.41, 5.74) is 1.75. The molecule has 1 atom stereocenters. The zero-order valence-corrected chi connectivity index (χ0v) is 11.4. The summed E-state index contributed by atoms with van der Waals surface area (Å²) in [6.45, 7) is 1.88. The van der Waals surface area contributed by atoms with Gasteiger partial charge in [0.25, 0.3) is 0 Å². The molecule has 18 heavy (non-hydrogen) atoms. The second-order valence-corrected chi connectivity index (χ2v) is 4.93. The van der Waals surface area contributed by atoms with Gasteiger partial charge in [-0.25, -0.2) is 14.4 Å². The number of hydrogen-bond donors (Lipinski definition) is 1. The highest BCUT2D eigenvalue weighted by atomic mass is 79.9. The number of aliphatic hydroxyl groups is 1. The van der Waals surface area contributed by atoms with Crippen LogP contribution in [-0.2, 0) is 6.42 Å². The van der Waals surface area contributed by atoms with Crippen LogP contribution < -0.4 is 0 Å². The molecule has 3 nitrogen and oxygen atoms in total. The Balaban J connectivity index is 2.15. The van der Waals surface area contributed by atoms with E-state index in [4.69, 9.17) is 0 Å². The predicted molar refractivity (Wildman–Crippen MR) is 69.5 cm³/mol. The van der Waals surface area contributed by atoms with E-state index in [0.717, 1.165) is 11.1 Å². The van der Waals surface area contributed by atoms with Gasteiger partial charge in [-0.2, -0.15) is 0 Å². The third-order valence-electron chi connectivity index (χ3n) is 2.53. The number of rotatable bonds is 3. The lowest BCUT2D eigenvalue weighted by molar-refractivity contribution is 0.168. The number of aliphatic hydroxyl groups excluding tert-OH is 1. The van der Waals surface area contributed by atoms with Gasteiger partial charge >= 0.3 is 0 Å². The number of aromatic nitrogens is 2. The van der Waals surface area contributed by atoms with Gasteiger partial charge in [0.15, 0.2) is 5.82 Å². The van der Waals surface area contributed by atoms with Gasteiger partial charge in [-0.15, -0.1) is 0 Å². The van der Waals surface area contributed by atoms with Crippen LogP contribution in [0.5, 0.6) is 0 Å². The van der Waals surface area contributed by atoms with Gasteiger partial charge in [-0.3, -0.25) is 0 Å². The molecule has 1 unspecified atom stereocenters. The molecule has 0 amide bonds. The number of nitrogens with zero attached hydrogens (tertiary/aromatic N) is 2. The molecule has 2 rings (SSSR count). The summed E-state index contributed by atoms with van der Waals surface area (Å²) in [4.78, 5) is 8.14. The van der Waals surface area contributed by atoms with Crippen molar-refractivity contribution in [2.24, 2.45) is 0 Å². The van der Waals surface area contributed by atoms with Crippen molar-refractivity contribution in [2.45, 2.75) is 19.4 Å². The van der Waals surface area contributed by atoms with Crippen LogP contribution in [0.15, 0.2) is 35.1 Å². The minimum absolute atomic E-state index is 0.313. The van der Waals surface area contributed by atoms with Crippen LogP contribution in [0.4, 0.5) is 4.39 Å². The number of hydrogen-bond acceptors (Lipinski definition) is 3. The molecule has 0 spiro atoms. The van der Waals surface area contributed by atoms with Crippen molar-refractivity contribution in [1.29, 1.82) is 0 Å². The van der Waals surface area contributed by atoms with Crippen molar-refractivity contribution in [3.05, 3.63) is 57.8 Å². The van der Waals surface area contributed by atoms with Crippen molar-refractivity contribution in [3.8, 4) is 0 Å². The fraction of sp³-hybridized carbons (Fsp3) is 0.231. The van der Waals surface area contributed by atoms with Crippen molar-refractivity contribution >= 4 is 15.9 Å². The average molecular weight is 311 g/mol. The van der Waals surface area contributed by atoms with Crippen molar-refractivity contribution in [2.75, 3.05) is 0 Å². The van der Waals surface area contributed by atoms with Crippen LogP contribution in [0.25, 0.3) is 0 Å². The van der Waals surface area contributed by atoms with Gasteiger partial charge < -0.3 is 5.11 Å². The molecule has 0 radical (unpaired) electrons. The second-order valence-electron chi connectivity index (χ2n) is 4.07. The van der Waals surface area contributed by atoms with E-state index in [1.807, 2.05) is 6.92 Å². The van der Waals surface area contributed by atoms with E-state index < -0.39 is 6.10 Å². The molecule has 1 heterocycles. The molecule has 0 aliphatic rings. The first-order valence-corrected chi connectivity index (χ1v) is 6.26. The minimum Gasteiger partial charge on any atom is -0.385 e. The van der Waals surface area contributed by atoms with E-state index in [0.29, 0.717) is 16.7 Å². The largest absolute Gasteiger partial charge is 0.385 e. The normalized spacial score (nSPS) is 12.4. The number of halogens is 2. The predicted octanol–water partition coefficient (Wildman–Crippen LogP) is 2.96. The van der Waals surface area contributed by atoms with Gasteiger partial charge in [0.1, 0.15) is 11.9 Å². The molecule has 2 aromatic rings. The molecule has 94 valence electrons. The van der Waals surface area contributed by atoms with E-state index >= 15 is 0 Å². The van der Waals surface area contributed by atoms with Crippen LogP contribution in [0.1, 0.15) is 23.1 Å². The van der Waals surface area contributed by atoms with Crippen molar-refractivity contribution < 1.29 is 9.50 Å². The van der Waals surface area contributed by atoms with Crippen molar-refractivity contribution in [3.63, 3.8) is 0 Å². The Bertz CT molecular complexity index is 545. The summed E-state index contributed by atoms with van der Waals surface area (Å²) in [7, 11) is 0. The first kappa shape index (κ1) is 13.1. The van der Waals surface area contributed by atoms with E-state index in [9.17, 15) is 9.50 Å². The fourth-order valence-electron chi connectivity index (χ4n) is 1.56. The van der Waals surface area contributed by atoms with E-state index in [-0.39, 0.29) is 5.82 Å². The van der Waals surface area contributed by atoms with Crippen LogP contribution >= 0.6 is 15.9 Å². The Hall–Kier alpha value is -1.33. The summed E-state index contributed by atoms with van der Waals surface area (Å²) in [6, 6.07) is 4.37. The quantitative estimate of drug-likeness (QED) is 0.948. The Labute approximate surface area is 113 Å². The Morgan fingerprint density at radius 2 is 2.00 bits per heavy atom. The Kier molecular flexibility index (Phi) is 4.04. The Morgan fingerprint density at radius 1 is 1.33 bits per heavy atom. The summed E-state index contributed by atoms with van der Waals surface area (Å²) in [5, 5.41) is 10.0. The first-order chi connectivity index (χ1) is 8.56. The molecular weight excluding hydrogens is 299 g/mol. The van der Waals surface area contributed by atoms with Gasteiger partial charge in [-0.05, 0) is 30.2 Å². The highest BCUT2D eigenvalue weighted by Gasteiger charge is 2.13. The summed E-state index contributed by atoms with van der Waals surface area (Å²) < 4.78 is 13.6. The lowest BCUT2D eigenvalue weighted by Gasteiger charge is -2.10. The number of aryl methyl sites for hydroxylation is 1. The maximum atomic E-state index is 12.9. The van der Waals surface area contributed by atoms with E-state index in [1.54, 1.807) is 18.5 Å². The molecular formula is C13H12BrFN2O. The summed E-state index contributed by atoms with van der Waals surface area (Å²) in [6.07, 6.45) is 2.85. The molecule has 0 saturated heterocycles. The topological polar surface area (TPSA) is 46.0 Å². The zero-order chi connectivity index (χ0) is 13.1. The lowest BCUT2D eigenvalue weighted by Crippen LogP contribution is -2.07. The molecule has 1 N–H and O–H groups in total. The first-order valence-electron chi connectivity index (χ1n) is 5.47. The molecule has 0 fully saturated rings. The second kappa shape index (κ2) is 5.54. The smallest absolute Gasteiger partial charge is 0.157 e. The number of benzene rings is 1. The average Bonchev–Trinajstić information content (AvgIpc) is 2.33. The van der Waals surface area contributed by atoms with Gasteiger partial charge in [0.2, 0.25) is 0 Å². The maximum absolute atomic E-state index is 12.9. The third-order valence-corrected chi connectivity index (χ3v) is 3.27. The third kappa shape index (κ3) is 3.11. The van der Waals surface area contributed by atoms with E-state index in [2.05, 4.69) is 25.9 Å². The van der Waals surface area contributed by atoms with Crippen LogP contribution in [0, 0.1) is 12.7 Å². The van der Waals surface area contributed by atoms with Crippen molar-refractivity contribution in [1.82, 2.24) is 9.97 Å². The van der Waals surface area contributed by atoms with Gasteiger partial charge in [0.05, 0.1) is 0 Å². The molecule has 0 saturated carbocycles. The minimum atomic E-state index is -0.799. The highest BCUT2D eigenvalue weighted by molar-refractivity contribution is 9.10. The van der Waals surface area contributed by atoms with Gasteiger partial charge in [0, 0.05) is 23.3 Å². The SMILES string of the molecule is Cc1cnc(C(O)Cc2ccc(F)cc2Br)nc1. The summed E-state index contributed by atoms with van der Waals surface area (Å²) >= 11 is 3.27. The van der Waals surface area contributed by atoms with Crippen LogP contribution in [0.2, 0.25) is 0 Å². The fourth-order valence-corrected chi connectivity index (χ4v) is 2.07. The lowest BCUT2D eigenvalue weighted by atomic mass is 10.1. The maximum Gasteiger partial charge on any atom is 0.157 e. The monoisotopic (exact) mass is 310 g/mol. The molecule has 0 bridgehead atoms. The molecule has 1 aromatic heterocycles. The van der Waals surface area contributed by atoms with E-state index in [1.165, 1.54) is 12.1 Å². The van der Waals surface area contributed by atoms with Gasteiger partial charge in [-0.1, -0.05) is 22.0 Å². The molecule has 0 aliphatic carbocycles. The molecule has 5 heteroatoms. The standard InChI is InChI=1S/C13H12BrFN2O/c1-8-6-16-13(17-7-8)12(18)4-9-2-3-10(15)5-11(9)14/h2-3,5-7,12,18H,4H2,1H3. The highest BCUT2D eigenvalue weighted by Crippen LogP contribution is 2.23.